The van der Waals surface area contributed by atoms with Crippen molar-refractivity contribution < 1.29 is 0 Å². The van der Waals surface area contributed by atoms with Gasteiger partial charge in [-0.3, -0.25) is 4.98 Å². The number of nitrogens with zero attached hydrogens (tertiary/aromatic N) is 3. The Hall–Kier alpha value is -1.81. The molecule has 0 saturated heterocycles. The molecule has 0 aliphatic carbocycles. The van der Waals surface area contributed by atoms with E-state index in [-0.39, 0.29) is 0 Å². The molecule has 3 heterocycles. The molecular formula is C20H19Cl2N3. The van der Waals surface area contributed by atoms with E-state index in [0.717, 1.165) is 30.4 Å². The van der Waals surface area contributed by atoms with Crippen LogP contribution in [0.5, 0.6) is 0 Å². The van der Waals surface area contributed by atoms with Crippen LogP contribution in [-0.4, -0.2) is 28.0 Å². The molecule has 0 unspecified atom stereocenters. The number of likely N-dealkylation sites (N-methyl/N-ethyl adjacent to an activating group) is 1. The van der Waals surface area contributed by atoms with E-state index in [1.165, 1.54) is 22.4 Å². The van der Waals surface area contributed by atoms with E-state index in [4.69, 9.17) is 23.2 Å². The molecule has 1 aliphatic rings. The van der Waals surface area contributed by atoms with Gasteiger partial charge in [-0.05, 0) is 54.9 Å². The standard InChI is InChI=1S/C20H19Cl2N3/c1-13(14-5-8-23-9-6-14)11-25-17-7-10-24(2)12-15(17)19-18(25)4-3-16(21)20(19)22/h3-6,8-9,11H,7,10,12H2,1-2H3/b13-11-. The van der Waals surface area contributed by atoms with Gasteiger partial charge in [0.05, 0.1) is 15.6 Å². The first kappa shape index (κ1) is 16.6. The van der Waals surface area contributed by atoms with Crippen LogP contribution >= 0.6 is 23.2 Å². The highest BCUT2D eigenvalue weighted by atomic mass is 35.5. The van der Waals surface area contributed by atoms with E-state index >= 15 is 0 Å². The molecule has 0 N–H and O–H groups in total. The summed E-state index contributed by atoms with van der Waals surface area (Å²) in [6.45, 7) is 4.05. The third-order valence-electron chi connectivity index (χ3n) is 4.89. The molecule has 0 radical (unpaired) electrons. The summed E-state index contributed by atoms with van der Waals surface area (Å²) < 4.78 is 2.29. The summed E-state index contributed by atoms with van der Waals surface area (Å²) in [5.74, 6) is 0. The van der Waals surface area contributed by atoms with Crippen molar-refractivity contribution in [3.63, 3.8) is 0 Å². The number of hydrogen-bond donors (Lipinski definition) is 0. The zero-order valence-corrected chi connectivity index (χ0v) is 15.8. The van der Waals surface area contributed by atoms with Gasteiger partial charge < -0.3 is 9.47 Å². The summed E-state index contributed by atoms with van der Waals surface area (Å²) >= 11 is 12.9. The van der Waals surface area contributed by atoms with E-state index in [1.807, 2.05) is 30.6 Å². The molecule has 0 amide bonds. The van der Waals surface area contributed by atoms with Crippen LogP contribution in [0.4, 0.5) is 0 Å². The van der Waals surface area contributed by atoms with Crippen molar-refractivity contribution >= 4 is 45.9 Å². The molecule has 2 aromatic heterocycles. The maximum absolute atomic E-state index is 6.58. The predicted octanol–water partition coefficient (Wildman–Crippen LogP) is 5.35. The third kappa shape index (κ3) is 2.86. The first-order valence-electron chi connectivity index (χ1n) is 8.33. The zero-order valence-electron chi connectivity index (χ0n) is 14.3. The van der Waals surface area contributed by atoms with Crippen molar-refractivity contribution in [1.29, 1.82) is 0 Å². The quantitative estimate of drug-likeness (QED) is 0.605. The minimum absolute atomic E-state index is 0.608. The van der Waals surface area contributed by atoms with Crippen molar-refractivity contribution in [1.82, 2.24) is 14.5 Å². The summed E-state index contributed by atoms with van der Waals surface area (Å²) in [6, 6.07) is 8.01. The van der Waals surface area contributed by atoms with Crippen molar-refractivity contribution in [2.24, 2.45) is 0 Å². The third-order valence-corrected chi connectivity index (χ3v) is 5.69. The molecule has 0 atom stereocenters. The number of fused-ring (bicyclic) bond motifs is 3. The molecule has 0 fully saturated rings. The van der Waals surface area contributed by atoms with E-state index in [1.54, 1.807) is 0 Å². The molecule has 0 bridgehead atoms. The summed E-state index contributed by atoms with van der Waals surface area (Å²) in [6.07, 6.45) is 6.84. The van der Waals surface area contributed by atoms with Gasteiger partial charge in [-0.2, -0.15) is 0 Å². The number of pyridine rings is 1. The predicted molar refractivity (Wildman–Crippen MR) is 106 cm³/mol. The smallest absolute Gasteiger partial charge is 0.0689 e. The van der Waals surface area contributed by atoms with E-state index in [9.17, 15) is 0 Å². The molecule has 0 spiro atoms. The van der Waals surface area contributed by atoms with Gasteiger partial charge in [-0.1, -0.05) is 23.2 Å². The van der Waals surface area contributed by atoms with Crippen molar-refractivity contribution in [2.75, 3.05) is 13.6 Å². The lowest BCUT2D eigenvalue weighted by molar-refractivity contribution is 0.312. The highest BCUT2D eigenvalue weighted by Crippen LogP contribution is 2.39. The lowest BCUT2D eigenvalue weighted by Crippen LogP contribution is -2.26. The second-order valence-electron chi connectivity index (χ2n) is 6.59. The van der Waals surface area contributed by atoms with Crippen LogP contribution in [-0.2, 0) is 13.0 Å². The summed E-state index contributed by atoms with van der Waals surface area (Å²) in [5, 5.41) is 2.34. The highest BCUT2D eigenvalue weighted by molar-refractivity contribution is 6.45. The van der Waals surface area contributed by atoms with Crippen molar-refractivity contribution in [3.8, 4) is 0 Å². The molecule has 1 aromatic carbocycles. The number of aromatic nitrogens is 2. The summed E-state index contributed by atoms with van der Waals surface area (Å²) in [7, 11) is 2.14. The molecule has 3 nitrogen and oxygen atoms in total. The second kappa shape index (κ2) is 6.49. The van der Waals surface area contributed by atoms with Crippen LogP contribution in [0.1, 0.15) is 23.7 Å². The Morgan fingerprint density at radius 2 is 1.92 bits per heavy atom. The molecule has 1 aliphatic heterocycles. The minimum Gasteiger partial charge on any atom is -0.320 e. The van der Waals surface area contributed by atoms with Crippen LogP contribution < -0.4 is 0 Å². The van der Waals surface area contributed by atoms with Gasteiger partial charge in [0.15, 0.2) is 0 Å². The van der Waals surface area contributed by atoms with Crippen LogP contribution in [0.2, 0.25) is 10.0 Å². The summed E-state index contributed by atoms with van der Waals surface area (Å²) in [4.78, 5) is 6.43. The first-order chi connectivity index (χ1) is 12.1. The Bertz CT molecular complexity index is 974. The Labute approximate surface area is 157 Å². The van der Waals surface area contributed by atoms with Crippen molar-refractivity contribution in [2.45, 2.75) is 19.9 Å². The Kier molecular flexibility index (Phi) is 4.32. The zero-order chi connectivity index (χ0) is 17.6. The fourth-order valence-corrected chi connectivity index (χ4v) is 4.01. The fourth-order valence-electron chi connectivity index (χ4n) is 3.58. The Balaban J connectivity index is 1.97. The van der Waals surface area contributed by atoms with Crippen LogP contribution in [0.3, 0.4) is 0 Å². The van der Waals surface area contributed by atoms with Gasteiger partial charge in [0.2, 0.25) is 0 Å². The topological polar surface area (TPSA) is 21.1 Å². The van der Waals surface area contributed by atoms with E-state index in [2.05, 4.69) is 40.7 Å². The van der Waals surface area contributed by atoms with E-state index < -0.39 is 0 Å². The van der Waals surface area contributed by atoms with Crippen LogP contribution in [0, 0.1) is 0 Å². The molecule has 128 valence electrons. The average Bonchev–Trinajstić information content (AvgIpc) is 2.92. The van der Waals surface area contributed by atoms with Crippen molar-refractivity contribution in [3.05, 3.63) is 63.5 Å². The largest absolute Gasteiger partial charge is 0.320 e. The van der Waals surface area contributed by atoms with Gasteiger partial charge in [0, 0.05) is 49.2 Å². The second-order valence-corrected chi connectivity index (χ2v) is 7.37. The normalized spacial score (nSPS) is 15.6. The Morgan fingerprint density at radius 3 is 2.68 bits per heavy atom. The number of allylic oxidation sites excluding steroid dienone is 1. The van der Waals surface area contributed by atoms with Crippen LogP contribution in [0.25, 0.3) is 22.7 Å². The van der Waals surface area contributed by atoms with Gasteiger partial charge in [0.25, 0.3) is 0 Å². The van der Waals surface area contributed by atoms with Gasteiger partial charge in [-0.15, -0.1) is 0 Å². The lowest BCUT2D eigenvalue weighted by Gasteiger charge is -2.23. The number of benzene rings is 1. The first-order valence-corrected chi connectivity index (χ1v) is 9.09. The Morgan fingerprint density at radius 1 is 1.16 bits per heavy atom. The maximum Gasteiger partial charge on any atom is 0.0689 e. The SMILES string of the molecule is C/C(=C/n1c2c(c3c(Cl)c(Cl)ccc31)CN(C)CC2)c1ccncc1. The molecular weight excluding hydrogens is 353 g/mol. The number of rotatable bonds is 2. The fraction of sp³-hybridized carbons (Fsp3) is 0.250. The minimum atomic E-state index is 0.608. The lowest BCUT2D eigenvalue weighted by atomic mass is 10.0. The maximum atomic E-state index is 6.58. The van der Waals surface area contributed by atoms with Crippen LogP contribution in [0.15, 0.2) is 36.7 Å². The van der Waals surface area contributed by atoms with Gasteiger partial charge in [-0.25, -0.2) is 0 Å². The summed E-state index contributed by atoms with van der Waals surface area (Å²) in [5.41, 5.74) is 6.08. The highest BCUT2D eigenvalue weighted by Gasteiger charge is 2.24. The monoisotopic (exact) mass is 371 g/mol. The number of halogens is 2. The molecule has 5 heteroatoms. The molecule has 0 saturated carbocycles. The van der Waals surface area contributed by atoms with Gasteiger partial charge in [0.1, 0.15) is 0 Å². The molecule has 4 rings (SSSR count). The molecule has 3 aromatic rings. The van der Waals surface area contributed by atoms with Gasteiger partial charge >= 0.3 is 0 Å². The molecule has 25 heavy (non-hydrogen) atoms. The van der Waals surface area contributed by atoms with E-state index in [0.29, 0.717) is 10.0 Å². The average molecular weight is 372 g/mol. The number of hydrogen-bond acceptors (Lipinski definition) is 2.